The van der Waals surface area contributed by atoms with Crippen LogP contribution < -0.4 is 0 Å². The van der Waals surface area contributed by atoms with Crippen molar-refractivity contribution in [3.05, 3.63) is 12.2 Å². The van der Waals surface area contributed by atoms with Gasteiger partial charge in [0.15, 0.2) is 6.17 Å². The third kappa shape index (κ3) is 4.00. The molecule has 0 aromatic rings. The maximum atomic E-state index is 12.1. The van der Waals surface area contributed by atoms with Gasteiger partial charge in [0.2, 0.25) is 0 Å². The zero-order valence-corrected chi connectivity index (χ0v) is 6.52. The summed E-state index contributed by atoms with van der Waals surface area (Å²) in [5.41, 5.74) is 0.0523. The van der Waals surface area contributed by atoms with E-state index in [0.717, 1.165) is 0 Å². The fourth-order valence-corrected chi connectivity index (χ4v) is 0.351. The Morgan fingerprint density at radius 2 is 2.00 bits per heavy atom. The molecule has 0 saturated carbocycles. The predicted molar refractivity (Wildman–Crippen MR) is 36.7 cm³/mol. The molecule has 0 aliphatic rings. The molecule has 0 aromatic heterocycles. The van der Waals surface area contributed by atoms with Crippen molar-refractivity contribution >= 4 is 5.97 Å². The number of esters is 1. The van der Waals surface area contributed by atoms with Gasteiger partial charge in [-0.25, -0.2) is 18.0 Å². The van der Waals surface area contributed by atoms with Crippen LogP contribution in [0, 0.1) is 0 Å². The maximum Gasteiger partial charge on any atom is 0.333 e. The second-order valence-corrected chi connectivity index (χ2v) is 2.23. The van der Waals surface area contributed by atoms with Crippen LogP contribution in [0.3, 0.4) is 0 Å². The van der Waals surface area contributed by atoms with Crippen LogP contribution in [0.15, 0.2) is 12.2 Å². The zero-order valence-electron chi connectivity index (χ0n) is 6.52. The number of carbonyl (C=O) groups is 1. The first-order valence-electron chi connectivity index (χ1n) is 3.20. The number of ether oxygens (including phenoxy) is 1. The SMILES string of the molecule is C=C(C)C(=O)OCC(F)C(F)F. The molecule has 70 valence electrons. The monoisotopic (exact) mass is 182 g/mol. The highest BCUT2D eigenvalue weighted by Crippen LogP contribution is 2.06. The van der Waals surface area contributed by atoms with Crippen LogP contribution in [0.5, 0.6) is 0 Å². The van der Waals surface area contributed by atoms with Gasteiger partial charge in [-0.05, 0) is 6.92 Å². The molecule has 0 rings (SSSR count). The minimum atomic E-state index is -3.12. The Labute approximate surface area is 68.0 Å². The lowest BCUT2D eigenvalue weighted by atomic mass is 10.3. The van der Waals surface area contributed by atoms with E-state index in [1.165, 1.54) is 6.92 Å². The summed E-state index contributed by atoms with van der Waals surface area (Å²) in [7, 11) is 0. The maximum absolute atomic E-state index is 12.1. The van der Waals surface area contributed by atoms with E-state index in [1.807, 2.05) is 0 Å². The molecule has 1 unspecified atom stereocenters. The van der Waals surface area contributed by atoms with Crippen molar-refractivity contribution in [3.8, 4) is 0 Å². The molecule has 0 fully saturated rings. The summed E-state index contributed by atoms with van der Waals surface area (Å²) in [6.07, 6.45) is -5.55. The summed E-state index contributed by atoms with van der Waals surface area (Å²) < 4.78 is 39.2. The highest BCUT2D eigenvalue weighted by Gasteiger charge is 2.20. The van der Waals surface area contributed by atoms with Crippen molar-refractivity contribution in [2.24, 2.45) is 0 Å². The summed E-state index contributed by atoms with van der Waals surface area (Å²) in [4.78, 5) is 10.5. The average molecular weight is 182 g/mol. The van der Waals surface area contributed by atoms with E-state index < -0.39 is 25.2 Å². The summed E-state index contributed by atoms with van der Waals surface area (Å²) in [6, 6.07) is 0. The van der Waals surface area contributed by atoms with Gasteiger partial charge in [0.05, 0.1) is 0 Å². The highest BCUT2D eigenvalue weighted by molar-refractivity contribution is 5.86. The van der Waals surface area contributed by atoms with Gasteiger partial charge >= 0.3 is 5.97 Å². The average Bonchev–Trinajstić information content (AvgIpc) is 1.98. The summed E-state index contributed by atoms with van der Waals surface area (Å²) in [5, 5.41) is 0. The Morgan fingerprint density at radius 1 is 1.50 bits per heavy atom. The molecule has 0 aromatic carbocycles. The van der Waals surface area contributed by atoms with Crippen molar-refractivity contribution in [2.45, 2.75) is 19.5 Å². The fraction of sp³-hybridized carbons (Fsp3) is 0.571. The topological polar surface area (TPSA) is 26.3 Å². The molecule has 5 heteroatoms. The zero-order chi connectivity index (χ0) is 9.72. The van der Waals surface area contributed by atoms with E-state index in [-0.39, 0.29) is 5.57 Å². The van der Waals surface area contributed by atoms with Gasteiger partial charge in [-0.3, -0.25) is 0 Å². The summed E-state index contributed by atoms with van der Waals surface area (Å²) >= 11 is 0. The number of halogens is 3. The van der Waals surface area contributed by atoms with Crippen molar-refractivity contribution in [1.29, 1.82) is 0 Å². The second-order valence-electron chi connectivity index (χ2n) is 2.23. The van der Waals surface area contributed by atoms with Crippen LogP contribution in [-0.2, 0) is 9.53 Å². The lowest BCUT2D eigenvalue weighted by molar-refractivity contribution is -0.142. The van der Waals surface area contributed by atoms with E-state index in [2.05, 4.69) is 11.3 Å². The molecule has 12 heavy (non-hydrogen) atoms. The van der Waals surface area contributed by atoms with Gasteiger partial charge in [0.1, 0.15) is 6.61 Å². The standard InChI is InChI=1S/C7H9F3O2/c1-4(2)7(11)12-3-5(8)6(9)10/h5-6H,1,3H2,2H3. The second kappa shape index (κ2) is 4.79. The molecule has 0 amide bonds. The van der Waals surface area contributed by atoms with Crippen LogP contribution in [-0.4, -0.2) is 25.2 Å². The molecule has 0 N–H and O–H groups in total. The van der Waals surface area contributed by atoms with E-state index in [9.17, 15) is 18.0 Å². The van der Waals surface area contributed by atoms with E-state index in [1.54, 1.807) is 0 Å². The van der Waals surface area contributed by atoms with Crippen LogP contribution in [0.2, 0.25) is 0 Å². The normalized spacial score (nSPS) is 12.8. The fourth-order valence-electron chi connectivity index (χ4n) is 0.351. The molecule has 2 nitrogen and oxygen atoms in total. The Hall–Kier alpha value is -1.00. The first kappa shape index (κ1) is 11.0. The van der Waals surface area contributed by atoms with E-state index in [0.29, 0.717) is 0 Å². The third-order valence-electron chi connectivity index (χ3n) is 0.996. The van der Waals surface area contributed by atoms with Crippen molar-refractivity contribution in [2.75, 3.05) is 6.61 Å². The number of alkyl halides is 3. The minimum absolute atomic E-state index is 0.0523. The van der Waals surface area contributed by atoms with Gasteiger partial charge in [-0.15, -0.1) is 0 Å². The number of hydrogen-bond acceptors (Lipinski definition) is 2. The Bertz CT molecular complexity index is 179. The third-order valence-corrected chi connectivity index (χ3v) is 0.996. The molecule has 1 atom stereocenters. The van der Waals surface area contributed by atoms with Crippen molar-refractivity contribution in [1.82, 2.24) is 0 Å². The van der Waals surface area contributed by atoms with Crippen molar-refractivity contribution in [3.63, 3.8) is 0 Å². The van der Waals surface area contributed by atoms with Crippen LogP contribution in [0.1, 0.15) is 6.92 Å². The van der Waals surface area contributed by atoms with Crippen LogP contribution in [0.25, 0.3) is 0 Å². The van der Waals surface area contributed by atoms with Gasteiger partial charge < -0.3 is 4.74 Å². The lowest BCUT2D eigenvalue weighted by Crippen LogP contribution is -2.21. The Balaban J connectivity index is 3.69. The van der Waals surface area contributed by atoms with Crippen molar-refractivity contribution < 1.29 is 22.7 Å². The Morgan fingerprint density at radius 3 is 2.33 bits per heavy atom. The molecular formula is C7H9F3O2. The molecule has 0 aliphatic carbocycles. The van der Waals surface area contributed by atoms with Gasteiger partial charge in [0, 0.05) is 5.57 Å². The molecule has 0 heterocycles. The van der Waals surface area contributed by atoms with E-state index >= 15 is 0 Å². The molecule has 0 aliphatic heterocycles. The Kier molecular flexibility index (Phi) is 4.39. The van der Waals surface area contributed by atoms with Gasteiger partial charge in [-0.1, -0.05) is 6.58 Å². The largest absolute Gasteiger partial charge is 0.459 e. The lowest BCUT2D eigenvalue weighted by Gasteiger charge is -2.07. The number of rotatable bonds is 4. The van der Waals surface area contributed by atoms with Gasteiger partial charge in [0.25, 0.3) is 6.43 Å². The predicted octanol–water partition coefficient (Wildman–Crippen LogP) is 1.71. The molecule has 0 radical (unpaired) electrons. The number of carbonyl (C=O) groups excluding carboxylic acids is 1. The minimum Gasteiger partial charge on any atom is -0.459 e. The first-order valence-corrected chi connectivity index (χ1v) is 3.20. The quantitative estimate of drug-likeness (QED) is 0.488. The van der Waals surface area contributed by atoms with E-state index in [4.69, 9.17) is 0 Å². The first-order chi connectivity index (χ1) is 5.45. The summed E-state index contributed by atoms with van der Waals surface area (Å²) in [6.45, 7) is 3.61. The summed E-state index contributed by atoms with van der Waals surface area (Å²) in [5.74, 6) is -0.863. The number of hydrogen-bond donors (Lipinski definition) is 0. The molecule has 0 saturated heterocycles. The molecule has 0 bridgehead atoms. The molecule has 0 spiro atoms. The van der Waals surface area contributed by atoms with Gasteiger partial charge in [-0.2, -0.15) is 0 Å². The van der Waals surface area contributed by atoms with Crippen LogP contribution in [0.4, 0.5) is 13.2 Å². The van der Waals surface area contributed by atoms with Crippen LogP contribution >= 0.6 is 0 Å². The smallest absolute Gasteiger partial charge is 0.333 e. The molecular weight excluding hydrogens is 173 g/mol. The highest BCUT2D eigenvalue weighted by atomic mass is 19.3.